The lowest BCUT2D eigenvalue weighted by atomic mass is 10.2. The van der Waals surface area contributed by atoms with Gasteiger partial charge in [0, 0.05) is 17.5 Å². The van der Waals surface area contributed by atoms with Gasteiger partial charge in [-0.1, -0.05) is 30.3 Å². The van der Waals surface area contributed by atoms with Crippen molar-refractivity contribution in [3.05, 3.63) is 82.1 Å². The summed E-state index contributed by atoms with van der Waals surface area (Å²) in [5, 5.41) is 21.3. The maximum atomic E-state index is 13.1. The Morgan fingerprint density at radius 1 is 1.12 bits per heavy atom. The van der Waals surface area contributed by atoms with Gasteiger partial charge in [0.15, 0.2) is 0 Å². The highest BCUT2D eigenvalue weighted by atomic mass is 32.1. The molecule has 0 radical (unpaired) electrons. The highest BCUT2D eigenvalue weighted by molar-refractivity contribution is 7.11. The van der Waals surface area contributed by atoms with Gasteiger partial charge in [0.25, 0.3) is 0 Å². The number of halogens is 1. The van der Waals surface area contributed by atoms with E-state index >= 15 is 0 Å². The van der Waals surface area contributed by atoms with E-state index in [1.807, 2.05) is 40.6 Å². The van der Waals surface area contributed by atoms with Crippen molar-refractivity contribution in [1.82, 2.24) is 9.88 Å². The van der Waals surface area contributed by atoms with Gasteiger partial charge in [-0.25, -0.2) is 9.37 Å². The molecule has 2 heterocycles. The van der Waals surface area contributed by atoms with Crippen molar-refractivity contribution in [2.24, 2.45) is 0 Å². The van der Waals surface area contributed by atoms with Gasteiger partial charge in [0.2, 0.25) is 0 Å². The molecule has 3 aromatic rings. The van der Waals surface area contributed by atoms with E-state index in [1.54, 1.807) is 12.1 Å². The summed E-state index contributed by atoms with van der Waals surface area (Å²) in [5.41, 5.74) is 3.07. The minimum absolute atomic E-state index is 0.158. The number of rotatable bonds is 4. The molecule has 4 nitrogen and oxygen atoms in total. The number of aliphatic hydroxyl groups is 1. The Labute approximate surface area is 154 Å². The minimum atomic E-state index is -0.293. The Balaban J connectivity index is 1.57. The molecule has 2 N–H and O–H groups in total. The van der Waals surface area contributed by atoms with Gasteiger partial charge < -0.3 is 10.0 Å². The molecule has 6 heteroatoms. The monoisotopic (exact) mass is 365 g/mol. The van der Waals surface area contributed by atoms with Crippen LogP contribution in [0.25, 0.3) is 16.8 Å². The van der Waals surface area contributed by atoms with Gasteiger partial charge >= 0.3 is 0 Å². The van der Waals surface area contributed by atoms with Crippen molar-refractivity contribution in [2.45, 2.75) is 6.54 Å². The molecule has 0 atom stereocenters. The van der Waals surface area contributed by atoms with Crippen molar-refractivity contribution in [3.8, 4) is 11.3 Å². The maximum absolute atomic E-state index is 13.1. The summed E-state index contributed by atoms with van der Waals surface area (Å²) in [6.07, 6.45) is 0. The van der Waals surface area contributed by atoms with Crippen LogP contribution in [0.4, 0.5) is 4.39 Å². The molecule has 0 fully saturated rings. The predicted octanol–water partition coefficient (Wildman–Crippen LogP) is 4.71. The van der Waals surface area contributed by atoms with E-state index in [4.69, 9.17) is 5.41 Å². The van der Waals surface area contributed by atoms with Crippen molar-refractivity contribution < 1.29 is 9.50 Å². The van der Waals surface area contributed by atoms with Crippen LogP contribution < -0.4 is 0 Å². The Kier molecular flexibility index (Phi) is 4.26. The van der Waals surface area contributed by atoms with Crippen LogP contribution >= 0.6 is 11.3 Å². The first-order valence-electron chi connectivity index (χ1n) is 8.13. The van der Waals surface area contributed by atoms with Crippen LogP contribution in [0.3, 0.4) is 0 Å². The van der Waals surface area contributed by atoms with E-state index in [0.29, 0.717) is 29.4 Å². The number of aromatic nitrogens is 1. The molecule has 0 unspecified atom stereocenters. The number of amidine groups is 1. The van der Waals surface area contributed by atoms with Crippen LogP contribution in [-0.2, 0) is 6.54 Å². The molecular formula is C20H16FN3OS. The SMILES string of the molecule is N=C1C(c2nc(-c3ccc(F)cc3)cs2)=C(O)CN1Cc1ccccc1. The van der Waals surface area contributed by atoms with Crippen LogP contribution in [0.5, 0.6) is 0 Å². The summed E-state index contributed by atoms with van der Waals surface area (Å²) in [4.78, 5) is 6.36. The normalized spacial score (nSPS) is 14.3. The number of hydrogen-bond acceptors (Lipinski definition) is 4. The third-order valence-electron chi connectivity index (χ3n) is 4.26. The fourth-order valence-electron chi connectivity index (χ4n) is 2.94. The standard InChI is InChI=1S/C20H16FN3OS/c21-15-8-6-14(7-9-15)16-12-26-20(23-16)18-17(25)11-24(19(18)22)10-13-4-2-1-3-5-13/h1-9,12,22,25H,10-11H2. The van der Waals surface area contributed by atoms with Crippen LogP contribution in [-0.4, -0.2) is 27.4 Å². The smallest absolute Gasteiger partial charge is 0.135 e. The molecule has 130 valence electrons. The number of benzene rings is 2. The van der Waals surface area contributed by atoms with Crippen molar-refractivity contribution >= 4 is 22.7 Å². The van der Waals surface area contributed by atoms with E-state index in [9.17, 15) is 9.50 Å². The van der Waals surface area contributed by atoms with Gasteiger partial charge in [-0.2, -0.15) is 0 Å². The predicted molar refractivity (Wildman–Crippen MR) is 102 cm³/mol. The Hall–Kier alpha value is -2.99. The second kappa shape index (κ2) is 6.72. The van der Waals surface area contributed by atoms with Gasteiger partial charge in [-0.3, -0.25) is 5.41 Å². The number of nitrogens with zero attached hydrogens (tertiary/aromatic N) is 2. The van der Waals surface area contributed by atoms with E-state index in [-0.39, 0.29) is 17.4 Å². The fraction of sp³-hybridized carbons (Fsp3) is 0.100. The molecule has 2 aromatic carbocycles. The average Bonchev–Trinajstić information content (AvgIpc) is 3.22. The molecule has 0 amide bonds. The fourth-order valence-corrected chi connectivity index (χ4v) is 3.83. The zero-order valence-electron chi connectivity index (χ0n) is 13.8. The third-order valence-corrected chi connectivity index (χ3v) is 5.12. The number of aliphatic hydroxyl groups excluding tert-OH is 1. The summed E-state index contributed by atoms with van der Waals surface area (Å²) in [6.45, 7) is 0.859. The number of thiazole rings is 1. The minimum Gasteiger partial charge on any atom is -0.510 e. The highest BCUT2D eigenvalue weighted by Crippen LogP contribution is 2.32. The largest absolute Gasteiger partial charge is 0.510 e. The first-order valence-corrected chi connectivity index (χ1v) is 9.01. The van der Waals surface area contributed by atoms with Crippen molar-refractivity contribution in [1.29, 1.82) is 5.41 Å². The molecule has 1 aliphatic rings. The molecule has 0 bridgehead atoms. The molecule has 1 aromatic heterocycles. The topological polar surface area (TPSA) is 60.2 Å². The van der Waals surface area contributed by atoms with Crippen LogP contribution in [0.2, 0.25) is 0 Å². The maximum Gasteiger partial charge on any atom is 0.135 e. The molecule has 0 aliphatic carbocycles. The van der Waals surface area contributed by atoms with E-state index < -0.39 is 0 Å². The molecule has 0 saturated carbocycles. The summed E-state index contributed by atoms with van der Waals surface area (Å²) in [5.74, 6) is 0.135. The van der Waals surface area contributed by atoms with E-state index in [1.165, 1.54) is 23.5 Å². The van der Waals surface area contributed by atoms with Gasteiger partial charge in [0.1, 0.15) is 22.4 Å². The molecule has 0 spiro atoms. The van der Waals surface area contributed by atoms with Crippen LogP contribution in [0.1, 0.15) is 10.6 Å². The first kappa shape index (κ1) is 16.5. The van der Waals surface area contributed by atoms with Gasteiger partial charge in [0.05, 0.1) is 17.8 Å². The first-order chi connectivity index (χ1) is 12.6. The lowest BCUT2D eigenvalue weighted by Crippen LogP contribution is -2.25. The summed E-state index contributed by atoms with van der Waals surface area (Å²) >= 11 is 1.37. The third kappa shape index (κ3) is 3.11. The number of nitrogens with one attached hydrogen (secondary N) is 1. The second-order valence-electron chi connectivity index (χ2n) is 6.06. The second-order valence-corrected chi connectivity index (χ2v) is 6.91. The lowest BCUT2D eigenvalue weighted by molar-refractivity contribution is 0.347. The Morgan fingerprint density at radius 3 is 2.58 bits per heavy atom. The molecule has 1 aliphatic heterocycles. The molecule has 26 heavy (non-hydrogen) atoms. The van der Waals surface area contributed by atoms with Crippen LogP contribution in [0.15, 0.2) is 65.7 Å². The summed E-state index contributed by atoms with van der Waals surface area (Å²) in [7, 11) is 0. The van der Waals surface area contributed by atoms with Crippen molar-refractivity contribution in [3.63, 3.8) is 0 Å². The molecule has 0 saturated heterocycles. The van der Waals surface area contributed by atoms with Gasteiger partial charge in [-0.15, -0.1) is 11.3 Å². The molecular weight excluding hydrogens is 349 g/mol. The van der Waals surface area contributed by atoms with E-state index in [0.717, 1.165) is 11.1 Å². The summed E-state index contributed by atoms with van der Waals surface area (Å²) in [6, 6.07) is 16.0. The Bertz CT molecular complexity index is 980. The average molecular weight is 365 g/mol. The zero-order valence-corrected chi connectivity index (χ0v) is 14.6. The quantitative estimate of drug-likeness (QED) is 0.704. The zero-order chi connectivity index (χ0) is 18.1. The summed E-state index contributed by atoms with van der Waals surface area (Å²) < 4.78 is 13.1. The van der Waals surface area contributed by atoms with Crippen LogP contribution in [0, 0.1) is 11.2 Å². The van der Waals surface area contributed by atoms with Gasteiger partial charge in [-0.05, 0) is 29.8 Å². The Morgan fingerprint density at radius 2 is 1.85 bits per heavy atom. The number of hydrogen-bond donors (Lipinski definition) is 2. The van der Waals surface area contributed by atoms with Crippen molar-refractivity contribution in [2.75, 3.05) is 6.54 Å². The lowest BCUT2D eigenvalue weighted by Gasteiger charge is -2.18. The van der Waals surface area contributed by atoms with E-state index in [2.05, 4.69) is 4.98 Å². The molecule has 4 rings (SSSR count). The highest BCUT2D eigenvalue weighted by Gasteiger charge is 2.30.